The van der Waals surface area contributed by atoms with Crippen molar-refractivity contribution in [2.24, 2.45) is 0 Å². The molecule has 16 heavy (non-hydrogen) atoms. The smallest absolute Gasteiger partial charge is 0.0934 e. The Hall–Kier alpha value is -0.720. The summed E-state index contributed by atoms with van der Waals surface area (Å²) in [6.07, 6.45) is 17.4. The van der Waals surface area contributed by atoms with Gasteiger partial charge in [0, 0.05) is 0 Å². The lowest BCUT2D eigenvalue weighted by atomic mass is 10.1. The van der Waals surface area contributed by atoms with Crippen LogP contribution in [0.5, 0.6) is 0 Å². The lowest BCUT2D eigenvalue weighted by molar-refractivity contribution is 0.554. The first kappa shape index (κ1) is 13.3. The minimum atomic E-state index is 1.19. The average molecular weight is 222 g/mol. The zero-order valence-corrected chi connectivity index (χ0v) is 10.7. The second kappa shape index (κ2) is 9.50. The Morgan fingerprint density at radius 3 is 2.06 bits per heavy atom. The first-order valence-corrected chi connectivity index (χ1v) is 6.94. The number of rotatable bonds is 10. The Kier molecular flexibility index (Phi) is 7.93. The van der Waals surface area contributed by atoms with E-state index in [1.165, 1.54) is 69.8 Å². The van der Waals surface area contributed by atoms with Crippen molar-refractivity contribution in [2.45, 2.75) is 71.1 Å². The highest BCUT2D eigenvalue weighted by Gasteiger charge is 1.95. The van der Waals surface area contributed by atoms with Crippen molar-refractivity contribution in [1.82, 2.24) is 0 Å². The molecule has 1 heteroatoms. The SMILES string of the molecule is CCCCCCCCCCCc1ccoc1. The van der Waals surface area contributed by atoms with Crippen LogP contribution in [0.4, 0.5) is 0 Å². The Balaban J connectivity index is 1.78. The molecule has 0 atom stereocenters. The van der Waals surface area contributed by atoms with Crippen LogP contribution in [0.15, 0.2) is 23.0 Å². The summed E-state index contributed by atoms with van der Waals surface area (Å²) < 4.78 is 5.05. The van der Waals surface area contributed by atoms with Gasteiger partial charge in [0.05, 0.1) is 12.5 Å². The van der Waals surface area contributed by atoms with E-state index in [2.05, 4.69) is 13.0 Å². The van der Waals surface area contributed by atoms with E-state index in [1.807, 2.05) is 6.26 Å². The fourth-order valence-corrected chi connectivity index (χ4v) is 2.07. The van der Waals surface area contributed by atoms with Crippen LogP contribution in [-0.2, 0) is 6.42 Å². The van der Waals surface area contributed by atoms with Gasteiger partial charge < -0.3 is 4.42 Å². The molecular formula is C15H26O. The van der Waals surface area contributed by atoms with Crippen molar-refractivity contribution in [3.63, 3.8) is 0 Å². The number of unbranched alkanes of at least 4 members (excludes halogenated alkanes) is 8. The number of aryl methyl sites for hydroxylation is 1. The van der Waals surface area contributed by atoms with Crippen LogP contribution in [0.25, 0.3) is 0 Å². The average Bonchev–Trinajstić information content (AvgIpc) is 2.80. The second-order valence-electron chi connectivity index (χ2n) is 4.71. The molecule has 0 saturated carbocycles. The fourth-order valence-electron chi connectivity index (χ4n) is 2.07. The molecule has 0 aliphatic carbocycles. The summed E-state index contributed by atoms with van der Waals surface area (Å²) in [6.45, 7) is 2.27. The van der Waals surface area contributed by atoms with Crippen molar-refractivity contribution in [1.29, 1.82) is 0 Å². The molecular weight excluding hydrogens is 196 g/mol. The van der Waals surface area contributed by atoms with Crippen LogP contribution < -0.4 is 0 Å². The normalized spacial score (nSPS) is 10.8. The van der Waals surface area contributed by atoms with Crippen LogP contribution in [0.3, 0.4) is 0 Å². The lowest BCUT2D eigenvalue weighted by Crippen LogP contribution is -1.84. The van der Waals surface area contributed by atoms with E-state index < -0.39 is 0 Å². The van der Waals surface area contributed by atoms with Crippen LogP contribution in [0.2, 0.25) is 0 Å². The fraction of sp³-hybridized carbons (Fsp3) is 0.733. The van der Waals surface area contributed by atoms with Crippen LogP contribution in [0.1, 0.15) is 70.3 Å². The van der Waals surface area contributed by atoms with Crippen molar-refractivity contribution >= 4 is 0 Å². The molecule has 0 unspecified atom stereocenters. The third-order valence-electron chi connectivity index (χ3n) is 3.15. The minimum absolute atomic E-state index is 1.19. The second-order valence-corrected chi connectivity index (χ2v) is 4.71. The van der Waals surface area contributed by atoms with Crippen molar-refractivity contribution in [2.75, 3.05) is 0 Å². The highest BCUT2D eigenvalue weighted by atomic mass is 16.3. The first-order chi connectivity index (χ1) is 7.93. The predicted molar refractivity (Wildman–Crippen MR) is 69.6 cm³/mol. The Morgan fingerprint density at radius 1 is 0.875 bits per heavy atom. The quantitative estimate of drug-likeness (QED) is 0.486. The highest BCUT2D eigenvalue weighted by Crippen LogP contribution is 2.11. The summed E-state index contributed by atoms with van der Waals surface area (Å²) in [5, 5.41) is 0. The zero-order valence-electron chi connectivity index (χ0n) is 10.7. The van der Waals surface area contributed by atoms with Gasteiger partial charge in [-0.2, -0.15) is 0 Å². The molecule has 0 aliphatic heterocycles. The third-order valence-corrected chi connectivity index (χ3v) is 3.15. The largest absolute Gasteiger partial charge is 0.472 e. The summed E-state index contributed by atoms with van der Waals surface area (Å²) in [5.74, 6) is 0. The molecule has 1 heterocycles. The molecule has 0 saturated heterocycles. The molecule has 0 bridgehead atoms. The third kappa shape index (κ3) is 6.71. The van der Waals surface area contributed by atoms with Crippen molar-refractivity contribution in [3.8, 4) is 0 Å². The molecule has 0 amide bonds. The summed E-state index contributed by atoms with van der Waals surface area (Å²) in [4.78, 5) is 0. The molecule has 0 aliphatic rings. The first-order valence-electron chi connectivity index (χ1n) is 6.94. The van der Waals surface area contributed by atoms with Gasteiger partial charge in [-0.05, 0) is 24.5 Å². The molecule has 1 aromatic rings. The van der Waals surface area contributed by atoms with Crippen molar-refractivity contribution < 1.29 is 4.42 Å². The Morgan fingerprint density at radius 2 is 1.50 bits per heavy atom. The van der Waals surface area contributed by atoms with Gasteiger partial charge in [-0.25, -0.2) is 0 Å². The van der Waals surface area contributed by atoms with Crippen molar-refractivity contribution in [3.05, 3.63) is 24.2 Å². The summed E-state index contributed by atoms with van der Waals surface area (Å²) in [6, 6.07) is 2.07. The monoisotopic (exact) mass is 222 g/mol. The maximum absolute atomic E-state index is 5.05. The van der Waals surface area contributed by atoms with Gasteiger partial charge in [0.2, 0.25) is 0 Å². The molecule has 0 N–H and O–H groups in total. The van der Waals surface area contributed by atoms with E-state index in [9.17, 15) is 0 Å². The molecule has 1 aromatic heterocycles. The predicted octanol–water partition coefficient (Wildman–Crippen LogP) is 5.35. The molecule has 0 aromatic carbocycles. The van der Waals surface area contributed by atoms with Gasteiger partial charge >= 0.3 is 0 Å². The van der Waals surface area contributed by atoms with Crippen LogP contribution >= 0.6 is 0 Å². The van der Waals surface area contributed by atoms with Gasteiger partial charge in [-0.1, -0.05) is 58.3 Å². The molecule has 1 nitrogen and oxygen atoms in total. The van der Waals surface area contributed by atoms with E-state index in [4.69, 9.17) is 4.42 Å². The van der Waals surface area contributed by atoms with E-state index in [0.717, 1.165) is 0 Å². The van der Waals surface area contributed by atoms with Crippen LogP contribution in [0, 0.1) is 0 Å². The molecule has 92 valence electrons. The Bertz CT molecular complexity index is 226. The maximum Gasteiger partial charge on any atom is 0.0934 e. The molecule has 0 spiro atoms. The van der Waals surface area contributed by atoms with Gasteiger partial charge in [-0.3, -0.25) is 0 Å². The number of hydrogen-bond acceptors (Lipinski definition) is 1. The summed E-state index contributed by atoms with van der Waals surface area (Å²) in [7, 11) is 0. The van der Waals surface area contributed by atoms with Crippen LogP contribution in [-0.4, -0.2) is 0 Å². The van der Waals surface area contributed by atoms with E-state index in [0.29, 0.717) is 0 Å². The maximum atomic E-state index is 5.05. The van der Waals surface area contributed by atoms with E-state index in [1.54, 1.807) is 6.26 Å². The summed E-state index contributed by atoms with van der Waals surface area (Å²) >= 11 is 0. The highest BCUT2D eigenvalue weighted by molar-refractivity contribution is 5.04. The van der Waals surface area contributed by atoms with E-state index >= 15 is 0 Å². The number of hydrogen-bond donors (Lipinski definition) is 0. The lowest BCUT2D eigenvalue weighted by Gasteiger charge is -2.01. The van der Waals surface area contributed by atoms with Gasteiger partial charge in [-0.15, -0.1) is 0 Å². The summed E-state index contributed by atoms with van der Waals surface area (Å²) in [5.41, 5.74) is 1.35. The zero-order chi connectivity index (χ0) is 11.5. The van der Waals surface area contributed by atoms with E-state index in [-0.39, 0.29) is 0 Å². The standard InChI is InChI=1S/C15H26O/c1-2-3-4-5-6-7-8-9-10-11-15-12-13-16-14-15/h12-14H,2-11H2,1H3. The Labute approximate surface area is 100 Å². The van der Waals surface area contributed by atoms with Gasteiger partial charge in [0.25, 0.3) is 0 Å². The van der Waals surface area contributed by atoms with Gasteiger partial charge in [0.15, 0.2) is 0 Å². The topological polar surface area (TPSA) is 13.1 Å². The molecule has 1 rings (SSSR count). The molecule has 0 fully saturated rings. The van der Waals surface area contributed by atoms with Gasteiger partial charge in [0.1, 0.15) is 0 Å². The number of furan rings is 1. The molecule has 0 radical (unpaired) electrons. The minimum Gasteiger partial charge on any atom is -0.472 e.